The van der Waals surface area contributed by atoms with Gasteiger partial charge in [-0.25, -0.2) is 0 Å². The normalized spacial score (nSPS) is 46.5. The fraction of sp³-hybridized carbons (Fsp3) is 0.875. The molecule has 1 unspecified atom stereocenters. The lowest BCUT2D eigenvalue weighted by atomic mass is 9.87. The van der Waals surface area contributed by atoms with E-state index in [1.165, 1.54) is 25.7 Å². The van der Waals surface area contributed by atoms with Crippen molar-refractivity contribution in [2.45, 2.75) is 68.8 Å². The number of aliphatic imine (C=N–C) groups is 1. The van der Waals surface area contributed by atoms with E-state index in [-0.39, 0.29) is 16.3 Å². The van der Waals surface area contributed by atoms with Gasteiger partial charge < -0.3 is 10.1 Å². The number of nitrogens with one attached hydrogen (secondary N) is 1. The van der Waals surface area contributed by atoms with Crippen LogP contribution in [0, 0.1) is 11.8 Å². The molecular weight excluding hydrogens is 284 g/mol. The van der Waals surface area contributed by atoms with Gasteiger partial charge in [-0.2, -0.15) is 0 Å². The summed E-state index contributed by atoms with van der Waals surface area (Å²) in [5.41, 5.74) is -0.218. The second-order valence-corrected chi connectivity index (χ2v) is 9.13. The zero-order chi connectivity index (χ0) is 14.7. The third-order valence-corrected chi connectivity index (χ3v) is 6.95. The maximum Gasteiger partial charge on any atom is 0.242 e. The first-order valence-electron chi connectivity index (χ1n) is 8.18. The van der Waals surface area contributed by atoms with Crippen molar-refractivity contribution in [1.82, 2.24) is 5.32 Å². The lowest BCUT2D eigenvalue weighted by molar-refractivity contribution is -0.129. The molecule has 0 aromatic heterocycles. The minimum Gasteiger partial charge on any atom is -0.375 e. The van der Waals surface area contributed by atoms with Crippen LogP contribution in [0.15, 0.2) is 4.99 Å². The number of fused-ring (bicyclic) bond motifs is 2. The van der Waals surface area contributed by atoms with Crippen LogP contribution in [0.1, 0.15) is 52.4 Å². The number of carbonyl (C=O) groups excluding carboxylic acids is 1. The standard InChI is InChI=1S/C16H24N2O2S/c1-15(2)9-16(5-6-20-15)13(19)18-14(21-16)17-12-8-10-3-4-11(12)7-10/h10-12H,3-9H2,1-2H3,(H,17,18,19)/t10-,11?,12+,16-/m1/s1. The summed E-state index contributed by atoms with van der Waals surface area (Å²) >= 11 is 1.67. The molecule has 2 aliphatic carbocycles. The largest absolute Gasteiger partial charge is 0.375 e. The number of hydrogen-bond donors (Lipinski definition) is 1. The molecule has 1 spiro atoms. The summed E-state index contributed by atoms with van der Waals surface area (Å²) in [5.74, 6) is 1.80. The lowest BCUT2D eigenvalue weighted by Gasteiger charge is -2.39. The maximum atomic E-state index is 12.5. The molecule has 0 aromatic carbocycles. The number of hydrogen-bond acceptors (Lipinski definition) is 4. The Labute approximate surface area is 130 Å². The zero-order valence-electron chi connectivity index (χ0n) is 12.9. The number of rotatable bonds is 1. The van der Waals surface area contributed by atoms with Crippen LogP contribution in [-0.2, 0) is 9.53 Å². The van der Waals surface area contributed by atoms with Crippen molar-refractivity contribution in [3.63, 3.8) is 0 Å². The summed E-state index contributed by atoms with van der Waals surface area (Å²) < 4.78 is 5.43. The Bertz CT molecular complexity index is 505. The van der Waals surface area contributed by atoms with Crippen molar-refractivity contribution in [1.29, 1.82) is 0 Å². The molecule has 1 amide bonds. The zero-order valence-corrected chi connectivity index (χ0v) is 13.7. The minimum absolute atomic E-state index is 0.144. The molecule has 0 radical (unpaired) electrons. The van der Waals surface area contributed by atoms with Gasteiger partial charge in [-0.05, 0) is 57.8 Å². The fourth-order valence-corrected chi connectivity index (χ4v) is 6.10. The van der Waals surface area contributed by atoms with Crippen LogP contribution < -0.4 is 5.32 Å². The highest BCUT2D eigenvalue weighted by atomic mass is 32.2. The van der Waals surface area contributed by atoms with Crippen molar-refractivity contribution in [2.24, 2.45) is 16.8 Å². The predicted octanol–water partition coefficient (Wildman–Crippen LogP) is 2.72. The number of amidine groups is 1. The van der Waals surface area contributed by atoms with Gasteiger partial charge in [0.1, 0.15) is 4.75 Å². The van der Waals surface area contributed by atoms with Crippen LogP contribution >= 0.6 is 11.8 Å². The Balaban J connectivity index is 1.51. The van der Waals surface area contributed by atoms with Crippen LogP contribution in [0.4, 0.5) is 0 Å². The summed E-state index contributed by atoms with van der Waals surface area (Å²) in [6.07, 6.45) is 6.87. The molecule has 2 heterocycles. The van der Waals surface area contributed by atoms with E-state index in [1.807, 2.05) is 0 Å². The molecule has 2 saturated heterocycles. The number of thioether (sulfide) groups is 1. The number of amides is 1. The van der Waals surface area contributed by atoms with E-state index in [9.17, 15) is 4.79 Å². The quantitative estimate of drug-likeness (QED) is 0.810. The Morgan fingerprint density at radius 2 is 2.19 bits per heavy atom. The first-order valence-corrected chi connectivity index (χ1v) is 9.00. The summed E-state index contributed by atoms with van der Waals surface area (Å²) in [5, 5.41) is 3.93. The molecule has 4 rings (SSSR count). The van der Waals surface area contributed by atoms with Gasteiger partial charge in [0.15, 0.2) is 5.17 Å². The van der Waals surface area contributed by atoms with Gasteiger partial charge in [0, 0.05) is 6.61 Å². The third kappa shape index (κ3) is 2.42. The summed E-state index contributed by atoms with van der Waals surface area (Å²) in [6.45, 7) is 4.81. The van der Waals surface area contributed by atoms with E-state index >= 15 is 0 Å². The Hall–Kier alpha value is -0.550. The maximum absolute atomic E-state index is 12.5. The van der Waals surface area contributed by atoms with Gasteiger partial charge in [0.05, 0.1) is 11.6 Å². The van der Waals surface area contributed by atoms with E-state index in [0.717, 1.165) is 29.8 Å². The van der Waals surface area contributed by atoms with E-state index < -0.39 is 0 Å². The minimum atomic E-state index is -0.349. The summed E-state index contributed by atoms with van der Waals surface area (Å²) in [7, 11) is 0. The van der Waals surface area contributed by atoms with Crippen LogP contribution in [0.5, 0.6) is 0 Å². The third-order valence-electron chi connectivity index (χ3n) is 5.62. The predicted molar refractivity (Wildman–Crippen MR) is 84.4 cm³/mol. The van der Waals surface area contributed by atoms with Crippen LogP contribution in [0.2, 0.25) is 0 Å². The number of carbonyl (C=O) groups is 1. The van der Waals surface area contributed by atoms with Crippen molar-refractivity contribution in [2.75, 3.05) is 6.61 Å². The molecule has 1 N–H and O–H groups in total. The van der Waals surface area contributed by atoms with Gasteiger partial charge in [-0.3, -0.25) is 9.79 Å². The van der Waals surface area contributed by atoms with Crippen LogP contribution in [0.3, 0.4) is 0 Å². The molecule has 2 saturated carbocycles. The SMILES string of the molecule is CC1(C)C[C@@]2(CCO1)SC(=N[C@H]1C[C@@H]3CCC1C3)NC2=O. The molecule has 4 aliphatic rings. The second-order valence-electron chi connectivity index (χ2n) is 7.76. The number of ether oxygens (including phenoxy) is 1. The molecule has 2 bridgehead atoms. The first kappa shape index (κ1) is 14.1. The molecule has 4 fully saturated rings. The van der Waals surface area contributed by atoms with Crippen LogP contribution in [0.25, 0.3) is 0 Å². The number of nitrogens with zero attached hydrogens (tertiary/aromatic N) is 1. The molecule has 2 aliphatic heterocycles. The van der Waals surface area contributed by atoms with Crippen molar-refractivity contribution in [3.8, 4) is 0 Å². The summed E-state index contributed by atoms with van der Waals surface area (Å²) in [4.78, 5) is 17.4. The van der Waals surface area contributed by atoms with E-state index in [2.05, 4.69) is 19.2 Å². The van der Waals surface area contributed by atoms with Gasteiger partial charge in [0.25, 0.3) is 0 Å². The van der Waals surface area contributed by atoms with Gasteiger partial charge >= 0.3 is 0 Å². The van der Waals surface area contributed by atoms with Crippen molar-refractivity contribution < 1.29 is 9.53 Å². The van der Waals surface area contributed by atoms with E-state index in [4.69, 9.17) is 9.73 Å². The molecule has 0 aromatic rings. The molecular formula is C16H24N2O2S. The first-order chi connectivity index (χ1) is 9.96. The van der Waals surface area contributed by atoms with Gasteiger partial charge in [-0.1, -0.05) is 18.2 Å². The lowest BCUT2D eigenvalue weighted by Crippen LogP contribution is -2.48. The average molecular weight is 308 g/mol. The molecule has 5 heteroatoms. The Morgan fingerprint density at radius 1 is 1.33 bits per heavy atom. The smallest absolute Gasteiger partial charge is 0.242 e. The van der Waals surface area contributed by atoms with E-state index in [0.29, 0.717) is 12.6 Å². The highest BCUT2D eigenvalue weighted by Crippen LogP contribution is 2.48. The van der Waals surface area contributed by atoms with Crippen LogP contribution in [-0.4, -0.2) is 34.1 Å². The molecule has 116 valence electrons. The van der Waals surface area contributed by atoms with E-state index in [1.54, 1.807) is 11.8 Å². The topological polar surface area (TPSA) is 50.7 Å². The second kappa shape index (κ2) is 4.72. The molecule has 4 nitrogen and oxygen atoms in total. The monoisotopic (exact) mass is 308 g/mol. The molecule has 21 heavy (non-hydrogen) atoms. The highest BCUT2D eigenvalue weighted by molar-refractivity contribution is 8.16. The van der Waals surface area contributed by atoms with Gasteiger partial charge in [-0.15, -0.1) is 0 Å². The van der Waals surface area contributed by atoms with Crippen molar-refractivity contribution in [3.05, 3.63) is 0 Å². The molecule has 4 atom stereocenters. The Morgan fingerprint density at radius 3 is 2.86 bits per heavy atom. The van der Waals surface area contributed by atoms with Crippen molar-refractivity contribution >= 4 is 22.8 Å². The van der Waals surface area contributed by atoms with Gasteiger partial charge in [0.2, 0.25) is 5.91 Å². The summed E-state index contributed by atoms with van der Waals surface area (Å²) in [6, 6.07) is 0.453. The highest BCUT2D eigenvalue weighted by Gasteiger charge is 2.52. The fourth-order valence-electron chi connectivity index (χ4n) is 4.65. The average Bonchev–Trinajstić information content (AvgIpc) is 3.05. The Kier molecular flexibility index (Phi) is 3.16.